The SMILES string of the molecule is CCc1cccc([Si](C)(C)C)c1OC. The molecule has 0 N–H and O–H groups in total. The highest BCUT2D eigenvalue weighted by Crippen LogP contribution is 2.19. The fourth-order valence-corrected chi connectivity index (χ4v) is 3.23. The lowest BCUT2D eigenvalue weighted by atomic mass is 10.1. The molecule has 0 spiro atoms. The van der Waals surface area contributed by atoms with Gasteiger partial charge >= 0.3 is 0 Å². The number of aryl methyl sites for hydroxylation is 1. The lowest BCUT2D eigenvalue weighted by molar-refractivity contribution is 0.413. The standard InChI is InChI=1S/C12H20OSi/c1-6-10-8-7-9-11(12(10)13-2)14(3,4)5/h7-9H,6H2,1-5H3. The minimum Gasteiger partial charge on any atom is -0.497 e. The first-order chi connectivity index (χ1) is 6.50. The molecule has 1 nitrogen and oxygen atoms in total. The van der Waals surface area contributed by atoms with E-state index in [0.29, 0.717) is 0 Å². The monoisotopic (exact) mass is 208 g/mol. The van der Waals surface area contributed by atoms with Gasteiger partial charge < -0.3 is 4.74 Å². The number of hydrogen-bond donors (Lipinski definition) is 0. The lowest BCUT2D eigenvalue weighted by Gasteiger charge is -2.21. The molecule has 0 amide bonds. The summed E-state index contributed by atoms with van der Waals surface area (Å²) >= 11 is 0. The molecule has 1 aromatic rings. The Kier molecular flexibility index (Phi) is 3.37. The van der Waals surface area contributed by atoms with E-state index in [1.807, 2.05) is 0 Å². The van der Waals surface area contributed by atoms with Crippen molar-refractivity contribution in [2.24, 2.45) is 0 Å². The van der Waals surface area contributed by atoms with Gasteiger partial charge in [0.15, 0.2) is 0 Å². The predicted molar refractivity (Wildman–Crippen MR) is 65.4 cm³/mol. The summed E-state index contributed by atoms with van der Waals surface area (Å²) < 4.78 is 5.53. The number of para-hydroxylation sites is 1. The molecule has 0 saturated heterocycles. The largest absolute Gasteiger partial charge is 0.497 e. The number of methoxy groups -OCH3 is 1. The molecule has 0 saturated carbocycles. The molecule has 1 aromatic carbocycles. The van der Waals surface area contributed by atoms with Crippen molar-refractivity contribution in [1.29, 1.82) is 0 Å². The van der Waals surface area contributed by atoms with E-state index in [1.165, 1.54) is 10.8 Å². The third-order valence-electron chi connectivity index (χ3n) is 2.49. The van der Waals surface area contributed by atoms with Gasteiger partial charge in [0.25, 0.3) is 0 Å². The van der Waals surface area contributed by atoms with Crippen molar-refractivity contribution in [3.05, 3.63) is 23.8 Å². The molecular formula is C12H20OSi. The van der Waals surface area contributed by atoms with E-state index in [4.69, 9.17) is 4.74 Å². The molecule has 0 heterocycles. The summed E-state index contributed by atoms with van der Waals surface area (Å²) in [6.45, 7) is 9.23. The highest BCUT2D eigenvalue weighted by Gasteiger charge is 2.21. The van der Waals surface area contributed by atoms with Crippen molar-refractivity contribution >= 4 is 13.3 Å². The highest BCUT2D eigenvalue weighted by molar-refractivity contribution is 6.89. The van der Waals surface area contributed by atoms with E-state index in [2.05, 4.69) is 44.8 Å². The molecule has 0 fully saturated rings. The van der Waals surface area contributed by atoms with Crippen molar-refractivity contribution < 1.29 is 4.74 Å². The molecule has 0 bridgehead atoms. The zero-order chi connectivity index (χ0) is 10.8. The molecule has 14 heavy (non-hydrogen) atoms. The first kappa shape index (κ1) is 11.3. The van der Waals surface area contributed by atoms with E-state index in [9.17, 15) is 0 Å². The molecule has 0 aliphatic heterocycles. The van der Waals surface area contributed by atoms with Crippen LogP contribution in [0.25, 0.3) is 0 Å². The van der Waals surface area contributed by atoms with Gasteiger partial charge in [0, 0.05) is 0 Å². The van der Waals surface area contributed by atoms with Gasteiger partial charge in [-0.2, -0.15) is 0 Å². The second-order valence-electron chi connectivity index (χ2n) is 4.60. The molecule has 0 unspecified atom stereocenters. The minimum absolute atomic E-state index is 1.04. The van der Waals surface area contributed by atoms with E-state index >= 15 is 0 Å². The Balaban J connectivity index is 3.29. The molecule has 1 rings (SSSR count). The fraction of sp³-hybridized carbons (Fsp3) is 0.500. The molecule has 0 radical (unpaired) electrons. The average molecular weight is 208 g/mol. The summed E-state index contributed by atoms with van der Waals surface area (Å²) in [5.41, 5.74) is 1.33. The van der Waals surface area contributed by atoms with Gasteiger partial charge in [0.2, 0.25) is 0 Å². The van der Waals surface area contributed by atoms with Crippen LogP contribution in [0, 0.1) is 0 Å². The summed E-state index contributed by atoms with van der Waals surface area (Å²) in [5, 5.41) is 1.43. The van der Waals surface area contributed by atoms with Crippen LogP contribution in [0.2, 0.25) is 19.6 Å². The van der Waals surface area contributed by atoms with Crippen LogP contribution >= 0.6 is 0 Å². The molecule has 78 valence electrons. The molecular weight excluding hydrogens is 188 g/mol. The maximum absolute atomic E-state index is 5.53. The predicted octanol–water partition coefficient (Wildman–Crippen LogP) is 2.80. The van der Waals surface area contributed by atoms with Gasteiger partial charge in [-0.1, -0.05) is 44.8 Å². The quantitative estimate of drug-likeness (QED) is 0.694. The Morgan fingerprint density at radius 3 is 2.29 bits per heavy atom. The van der Waals surface area contributed by atoms with E-state index < -0.39 is 8.07 Å². The van der Waals surface area contributed by atoms with Crippen molar-refractivity contribution in [3.63, 3.8) is 0 Å². The zero-order valence-electron chi connectivity index (χ0n) is 9.85. The smallest absolute Gasteiger partial charge is 0.121 e. The van der Waals surface area contributed by atoms with Crippen molar-refractivity contribution in [1.82, 2.24) is 0 Å². The lowest BCUT2D eigenvalue weighted by Crippen LogP contribution is -2.38. The van der Waals surface area contributed by atoms with Gasteiger partial charge in [0.05, 0.1) is 15.2 Å². The number of rotatable bonds is 3. The van der Waals surface area contributed by atoms with Crippen LogP contribution in [-0.4, -0.2) is 15.2 Å². The summed E-state index contributed by atoms with van der Waals surface area (Å²) in [5.74, 6) is 1.12. The van der Waals surface area contributed by atoms with Gasteiger partial charge in [0.1, 0.15) is 5.75 Å². The fourth-order valence-electron chi connectivity index (χ4n) is 1.69. The Hall–Kier alpha value is -0.763. The number of ether oxygens (including phenoxy) is 1. The summed E-state index contributed by atoms with van der Waals surface area (Å²) in [4.78, 5) is 0. The Bertz CT molecular complexity index is 313. The number of benzene rings is 1. The van der Waals surface area contributed by atoms with Gasteiger partial charge in [-0.3, -0.25) is 0 Å². The molecule has 0 aliphatic carbocycles. The third kappa shape index (κ3) is 2.18. The third-order valence-corrected chi connectivity index (χ3v) is 4.50. The minimum atomic E-state index is -1.27. The molecule has 0 aromatic heterocycles. The Morgan fingerprint density at radius 2 is 1.86 bits per heavy atom. The normalized spacial score (nSPS) is 11.5. The highest BCUT2D eigenvalue weighted by atomic mass is 28.3. The second kappa shape index (κ2) is 4.18. The van der Waals surface area contributed by atoms with Gasteiger partial charge in [-0.15, -0.1) is 0 Å². The Labute approximate surface area is 88.1 Å². The topological polar surface area (TPSA) is 9.23 Å². The molecule has 0 aliphatic rings. The summed E-state index contributed by atoms with van der Waals surface area (Å²) in [6, 6.07) is 6.52. The van der Waals surface area contributed by atoms with Crippen LogP contribution in [0.5, 0.6) is 5.75 Å². The first-order valence-electron chi connectivity index (χ1n) is 5.17. The summed E-state index contributed by atoms with van der Waals surface area (Å²) in [6.07, 6.45) is 1.04. The van der Waals surface area contributed by atoms with Crippen LogP contribution in [0.3, 0.4) is 0 Å². The first-order valence-corrected chi connectivity index (χ1v) is 8.67. The van der Waals surface area contributed by atoms with Crippen LogP contribution in [0.15, 0.2) is 18.2 Å². The maximum atomic E-state index is 5.53. The number of hydrogen-bond acceptors (Lipinski definition) is 1. The van der Waals surface area contributed by atoms with E-state index in [1.54, 1.807) is 7.11 Å². The van der Waals surface area contributed by atoms with Gasteiger partial charge in [-0.25, -0.2) is 0 Å². The molecule has 0 atom stereocenters. The van der Waals surface area contributed by atoms with Crippen LogP contribution in [0.1, 0.15) is 12.5 Å². The van der Waals surface area contributed by atoms with Gasteiger partial charge in [-0.05, 0) is 17.2 Å². The van der Waals surface area contributed by atoms with Crippen LogP contribution in [-0.2, 0) is 6.42 Å². The zero-order valence-corrected chi connectivity index (χ0v) is 10.8. The van der Waals surface area contributed by atoms with Crippen molar-refractivity contribution in [2.45, 2.75) is 33.0 Å². The van der Waals surface area contributed by atoms with E-state index in [-0.39, 0.29) is 0 Å². The summed E-state index contributed by atoms with van der Waals surface area (Å²) in [7, 11) is 0.504. The van der Waals surface area contributed by atoms with Crippen LogP contribution < -0.4 is 9.92 Å². The Morgan fingerprint density at radius 1 is 1.21 bits per heavy atom. The maximum Gasteiger partial charge on any atom is 0.121 e. The molecule has 2 heteroatoms. The van der Waals surface area contributed by atoms with E-state index in [0.717, 1.165) is 12.2 Å². The van der Waals surface area contributed by atoms with Crippen molar-refractivity contribution in [2.75, 3.05) is 7.11 Å². The van der Waals surface area contributed by atoms with Crippen molar-refractivity contribution in [3.8, 4) is 5.75 Å². The second-order valence-corrected chi connectivity index (χ2v) is 9.64. The average Bonchev–Trinajstić information content (AvgIpc) is 2.15. The van der Waals surface area contributed by atoms with Crippen LogP contribution in [0.4, 0.5) is 0 Å².